The van der Waals surface area contributed by atoms with Gasteiger partial charge in [-0.05, 0) is 32.6 Å². The lowest BCUT2D eigenvalue weighted by Crippen LogP contribution is -2.30. The number of hydrogen-bond acceptors (Lipinski definition) is 6. The highest BCUT2D eigenvalue weighted by Crippen LogP contribution is 2.36. The lowest BCUT2D eigenvalue weighted by atomic mass is 10.2. The van der Waals surface area contributed by atoms with E-state index in [9.17, 15) is 48.0 Å². The van der Waals surface area contributed by atoms with Crippen LogP contribution < -0.4 is 4.57 Å². The van der Waals surface area contributed by atoms with Gasteiger partial charge in [0.15, 0.2) is 20.0 Å². The fourth-order valence-corrected chi connectivity index (χ4v) is 3.78. The Bertz CT molecular complexity index is 1000. The summed E-state index contributed by atoms with van der Waals surface area (Å²) < 4.78 is 119. The van der Waals surface area contributed by atoms with Crippen LogP contribution in [-0.4, -0.2) is 45.0 Å². The molecule has 0 radical (unpaired) electrons. The Kier molecular flexibility index (Phi) is 11.7. The number of esters is 1. The second kappa shape index (κ2) is 12.5. The minimum Gasteiger partial charge on any atom is -0.462 e. The van der Waals surface area contributed by atoms with Gasteiger partial charge in [-0.1, -0.05) is 6.58 Å². The zero-order valence-electron chi connectivity index (χ0n) is 18.5. The second-order valence-corrected chi connectivity index (χ2v) is 10.3. The summed E-state index contributed by atoms with van der Waals surface area (Å²) in [7, 11) is -11.4. The topological polar surface area (TPSA) is 117 Å². The molecule has 0 N–H and O–H groups in total. The fraction of sp³-hybridized carbons (Fsp3) is 0.647. The molecule has 34 heavy (non-hydrogen) atoms. The Morgan fingerprint density at radius 2 is 1.50 bits per heavy atom. The van der Waals surface area contributed by atoms with Crippen molar-refractivity contribution in [1.82, 2.24) is 4.57 Å². The summed E-state index contributed by atoms with van der Waals surface area (Å²) in [5.41, 5.74) is -11.9. The third-order valence-electron chi connectivity index (χ3n) is 4.05. The highest BCUT2D eigenvalue weighted by molar-refractivity contribution is 8.13. The maximum absolute atomic E-state index is 11.4. The van der Waals surface area contributed by atoms with Crippen LogP contribution in [0.5, 0.6) is 0 Å². The van der Waals surface area contributed by atoms with Gasteiger partial charge < -0.3 is 8.86 Å². The van der Waals surface area contributed by atoms with Gasteiger partial charge in [0.2, 0.25) is 0 Å². The molecule has 1 rings (SSSR count). The Labute approximate surface area is 193 Å². The molecule has 1 aromatic rings. The monoisotopic (exact) mass is 545 g/mol. The number of nitrogens with zero attached hydrogens (tertiary/aromatic N) is 3. The van der Waals surface area contributed by atoms with E-state index in [1.54, 1.807) is 6.92 Å². The number of halogens is 6. The van der Waals surface area contributed by atoms with Crippen molar-refractivity contribution in [3.63, 3.8) is 0 Å². The van der Waals surface area contributed by atoms with Crippen LogP contribution >= 0.6 is 0 Å². The summed E-state index contributed by atoms with van der Waals surface area (Å²) in [6.07, 6.45) is 8.53. The third-order valence-corrected chi connectivity index (χ3v) is 6.79. The number of aryl methyl sites for hydroxylation is 2. The molecular formula is C17H25F6N3O6S2. The molecule has 0 spiro atoms. The van der Waals surface area contributed by atoms with Crippen molar-refractivity contribution >= 4 is 26.0 Å². The van der Waals surface area contributed by atoms with Crippen molar-refractivity contribution in [3.05, 3.63) is 34.5 Å². The lowest BCUT2D eigenvalue weighted by Gasteiger charge is -2.22. The maximum Gasteiger partial charge on any atom is 0.480 e. The normalized spacial score (nSPS) is 12.6. The molecule has 0 saturated heterocycles. The van der Waals surface area contributed by atoms with E-state index < -0.39 is 31.1 Å². The number of imidazole rings is 1. The van der Waals surface area contributed by atoms with Gasteiger partial charge in [0.1, 0.15) is 12.4 Å². The first-order chi connectivity index (χ1) is 15.2. The molecule has 17 heteroatoms. The molecule has 0 bridgehead atoms. The number of unbranched alkanes of at least 4 members (excludes halogenated alkanes) is 3. The molecule has 1 aromatic heterocycles. The van der Waals surface area contributed by atoms with Crippen molar-refractivity contribution < 1.29 is 57.3 Å². The summed E-state index contributed by atoms with van der Waals surface area (Å²) in [5.74, 6) is 0.992. The van der Waals surface area contributed by atoms with Gasteiger partial charge in [0, 0.05) is 12.5 Å². The number of aromatic nitrogens is 2. The standard InChI is InChI=1S/C15H25N2O2.C2F6NO4S2/c1-13(2)15(18)19-12-8-6-5-7-9-17-11-10-16(4)14(17)3;3-1(4,5)14(10,11)9-15(12,13)2(6,7)8/h10-11H,1,5-9,12H2,2-4H3;/q+1;-1. The summed E-state index contributed by atoms with van der Waals surface area (Å²) in [6, 6.07) is 0. The molecule has 0 unspecified atom stereocenters. The highest BCUT2D eigenvalue weighted by Gasteiger charge is 2.46. The summed E-state index contributed by atoms with van der Waals surface area (Å²) >= 11 is 0. The van der Waals surface area contributed by atoms with Gasteiger partial charge in [-0.15, -0.1) is 0 Å². The van der Waals surface area contributed by atoms with E-state index in [1.165, 1.54) is 5.82 Å². The zero-order valence-corrected chi connectivity index (χ0v) is 20.1. The van der Waals surface area contributed by atoms with Gasteiger partial charge >= 0.3 is 17.0 Å². The summed E-state index contributed by atoms with van der Waals surface area (Å²) in [5, 5.41) is 0. The number of carbonyl (C=O) groups is 1. The molecule has 0 fully saturated rings. The Balaban J connectivity index is 0.000000661. The van der Waals surface area contributed by atoms with Crippen molar-refractivity contribution in [1.29, 1.82) is 0 Å². The Hall–Kier alpha value is -2.14. The number of alkyl halides is 6. The van der Waals surface area contributed by atoms with Crippen molar-refractivity contribution in [2.45, 2.75) is 57.1 Å². The molecule has 0 aliphatic heterocycles. The molecule has 0 aliphatic carbocycles. The van der Waals surface area contributed by atoms with Gasteiger partial charge in [0.05, 0.1) is 20.2 Å². The molecule has 0 atom stereocenters. The van der Waals surface area contributed by atoms with Gasteiger partial charge in [0.25, 0.3) is 5.82 Å². The van der Waals surface area contributed by atoms with Gasteiger partial charge in [-0.3, -0.25) is 0 Å². The van der Waals surface area contributed by atoms with Crippen LogP contribution in [0.4, 0.5) is 26.3 Å². The van der Waals surface area contributed by atoms with Crippen LogP contribution in [0.15, 0.2) is 24.5 Å². The first-order valence-electron chi connectivity index (χ1n) is 9.43. The first-order valence-corrected chi connectivity index (χ1v) is 12.3. The van der Waals surface area contributed by atoms with E-state index in [0.29, 0.717) is 12.2 Å². The minimum atomic E-state index is -6.72. The SMILES string of the molecule is C=C(C)C(=O)OCCCCCCn1cc[n+](C)c1C.O=S(=O)([N-]S(=O)(=O)C(F)(F)F)C(F)(F)F. The first kappa shape index (κ1) is 31.9. The number of ether oxygens (including phenoxy) is 1. The van der Waals surface area contributed by atoms with E-state index in [4.69, 9.17) is 4.74 Å². The molecule has 0 saturated carbocycles. The van der Waals surface area contributed by atoms with Crippen molar-refractivity contribution in [2.24, 2.45) is 7.05 Å². The predicted octanol–water partition coefficient (Wildman–Crippen LogP) is 3.36. The van der Waals surface area contributed by atoms with E-state index in [2.05, 4.69) is 42.1 Å². The average Bonchev–Trinajstić information content (AvgIpc) is 2.97. The lowest BCUT2D eigenvalue weighted by molar-refractivity contribution is -0.677. The molecule has 0 aliphatic rings. The number of carbonyl (C=O) groups excluding carboxylic acids is 1. The highest BCUT2D eigenvalue weighted by atomic mass is 32.3. The van der Waals surface area contributed by atoms with Crippen LogP contribution in [-0.2, 0) is 43.2 Å². The predicted molar refractivity (Wildman–Crippen MR) is 108 cm³/mol. The third kappa shape index (κ3) is 10.4. The minimum absolute atomic E-state index is 0.282. The van der Waals surface area contributed by atoms with Crippen LogP contribution in [0, 0.1) is 6.92 Å². The maximum atomic E-state index is 11.4. The van der Waals surface area contributed by atoms with E-state index in [0.717, 1.165) is 36.4 Å². The molecule has 198 valence electrons. The van der Waals surface area contributed by atoms with E-state index in [1.807, 2.05) is 0 Å². The average molecular weight is 546 g/mol. The fourth-order valence-electron chi connectivity index (χ4n) is 2.07. The van der Waals surface area contributed by atoms with Crippen LogP contribution in [0.1, 0.15) is 38.4 Å². The van der Waals surface area contributed by atoms with Gasteiger partial charge in [-0.25, -0.2) is 30.8 Å². The summed E-state index contributed by atoms with van der Waals surface area (Å²) in [6.45, 7) is 8.90. The molecule has 0 aromatic carbocycles. The van der Waals surface area contributed by atoms with Gasteiger partial charge in [-0.2, -0.15) is 26.3 Å². The van der Waals surface area contributed by atoms with Crippen LogP contribution in [0.3, 0.4) is 0 Å². The van der Waals surface area contributed by atoms with Crippen molar-refractivity contribution in [3.8, 4) is 0 Å². The van der Waals surface area contributed by atoms with E-state index >= 15 is 0 Å². The largest absolute Gasteiger partial charge is 0.480 e. The quantitative estimate of drug-likeness (QED) is 0.146. The molecular weight excluding hydrogens is 520 g/mol. The van der Waals surface area contributed by atoms with Crippen LogP contribution in [0.25, 0.3) is 4.13 Å². The van der Waals surface area contributed by atoms with E-state index in [-0.39, 0.29) is 5.97 Å². The Morgan fingerprint density at radius 3 is 1.88 bits per heavy atom. The van der Waals surface area contributed by atoms with Crippen LogP contribution in [0.2, 0.25) is 0 Å². The molecule has 9 nitrogen and oxygen atoms in total. The molecule has 0 amide bonds. The zero-order chi connectivity index (χ0) is 27.0. The number of sulfonamides is 2. The number of hydrogen-bond donors (Lipinski definition) is 0. The smallest absolute Gasteiger partial charge is 0.462 e. The van der Waals surface area contributed by atoms with Crippen molar-refractivity contribution in [2.75, 3.05) is 6.61 Å². The molecule has 1 heterocycles. The number of rotatable bonds is 10. The second-order valence-electron chi connectivity index (χ2n) is 6.90. The Morgan fingerprint density at radius 1 is 1.03 bits per heavy atom. The summed E-state index contributed by atoms with van der Waals surface area (Å²) in [4.78, 5) is 11.1.